The molecule has 2 unspecified atom stereocenters. The Morgan fingerprint density at radius 2 is 1.89 bits per heavy atom. The molecule has 1 aromatic heterocycles. The van der Waals surface area contributed by atoms with E-state index in [0.29, 0.717) is 13.0 Å². The minimum Gasteiger partial charge on any atom is -0.462 e. The van der Waals surface area contributed by atoms with Gasteiger partial charge in [-0.15, -0.1) is 0 Å². The Morgan fingerprint density at radius 1 is 1.13 bits per heavy atom. The van der Waals surface area contributed by atoms with Gasteiger partial charge in [-0.25, -0.2) is 0 Å². The highest BCUT2D eigenvalue weighted by molar-refractivity contribution is 6.25. The number of para-hydroxylation sites is 1. The first-order valence-corrected chi connectivity index (χ1v) is 12.9. The van der Waals surface area contributed by atoms with Gasteiger partial charge in [-0.1, -0.05) is 18.2 Å². The van der Waals surface area contributed by atoms with E-state index in [1.807, 2.05) is 30.5 Å². The Labute approximate surface area is 222 Å². The van der Waals surface area contributed by atoms with Crippen LogP contribution in [0, 0.1) is 0 Å². The molecule has 11 nitrogen and oxygen atoms in total. The summed E-state index contributed by atoms with van der Waals surface area (Å²) in [6, 6.07) is 6.69. The van der Waals surface area contributed by atoms with Crippen molar-refractivity contribution in [1.82, 2.24) is 20.9 Å². The van der Waals surface area contributed by atoms with Crippen LogP contribution in [0.25, 0.3) is 16.4 Å². The predicted octanol–water partition coefficient (Wildman–Crippen LogP) is 2.06. The van der Waals surface area contributed by atoms with Crippen molar-refractivity contribution < 1.29 is 28.7 Å². The zero-order chi connectivity index (χ0) is 27.9. The fourth-order valence-electron chi connectivity index (χ4n) is 4.05. The molecule has 2 atom stereocenters. The van der Waals surface area contributed by atoms with Crippen molar-refractivity contribution in [2.24, 2.45) is 0 Å². The molecular weight excluding hydrogens is 488 g/mol. The molecule has 38 heavy (non-hydrogen) atoms. The van der Waals surface area contributed by atoms with Crippen molar-refractivity contribution in [1.29, 1.82) is 0 Å². The number of ether oxygens (including phenoxy) is 1. The van der Waals surface area contributed by atoms with Gasteiger partial charge in [0.15, 0.2) is 0 Å². The van der Waals surface area contributed by atoms with Crippen molar-refractivity contribution in [3.63, 3.8) is 0 Å². The van der Waals surface area contributed by atoms with Crippen LogP contribution in [0.5, 0.6) is 0 Å². The number of amides is 2. The number of esters is 1. The Kier molecular flexibility index (Phi) is 12.9. The van der Waals surface area contributed by atoms with E-state index in [9.17, 15) is 19.2 Å². The molecule has 2 rings (SSSR count). The van der Waals surface area contributed by atoms with E-state index in [1.54, 1.807) is 13.8 Å². The third kappa shape index (κ3) is 11.1. The zero-order valence-electron chi connectivity index (χ0n) is 22.3. The van der Waals surface area contributed by atoms with E-state index >= 15 is 0 Å². The number of hydrogen-bond acceptors (Lipinski definition) is 6. The Hall–Kier alpha value is -3.82. The summed E-state index contributed by atoms with van der Waals surface area (Å²) in [6.45, 7) is 5.75. The van der Waals surface area contributed by atoms with Gasteiger partial charge in [0.25, 0.3) is 0 Å². The van der Waals surface area contributed by atoms with E-state index in [-0.39, 0.29) is 49.8 Å². The maximum absolute atomic E-state index is 13.0. The van der Waals surface area contributed by atoms with Crippen LogP contribution in [0.1, 0.15) is 58.4 Å². The first-order chi connectivity index (χ1) is 18.2. The molecule has 0 fully saturated rings. The largest absolute Gasteiger partial charge is 0.462 e. The molecule has 0 saturated carbocycles. The van der Waals surface area contributed by atoms with Gasteiger partial charge in [0.2, 0.25) is 17.6 Å². The molecule has 11 heteroatoms. The van der Waals surface area contributed by atoms with Crippen LogP contribution in [-0.4, -0.2) is 70.8 Å². The predicted molar refractivity (Wildman–Crippen MR) is 143 cm³/mol. The molecule has 2 aromatic rings. The lowest BCUT2D eigenvalue weighted by atomic mass is 10.1. The van der Waals surface area contributed by atoms with Gasteiger partial charge in [0.1, 0.15) is 6.04 Å². The van der Waals surface area contributed by atoms with Gasteiger partial charge in [-0.05, 0) is 51.2 Å². The summed E-state index contributed by atoms with van der Waals surface area (Å²) >= 11 is 0. The molecule has 1 aromatic carbocycles. The monoisotopic (exact) mass is 526 g/mol. The number of benzene rings is 1. The lowest BCUT2D eigenvalue weighted by Crippen LogP contribution is -2.48. The number of aromatic amines is 1. The van der Waals surface area contributed by atoms with Crippen molar-refractivity contribution in [3.05, 3.63) is 41.6 Å². The number of aromatic nitrogens is 1. The van der Waals surface area contributed by atoms with E-state index in [0.717, 1.165) is 35.5 Å². The number of nitrogens with one attached hydrogen (secondary N) is 4. The van der Waals surface area contributed by atoms with Crippen LogP contribution in [-0.2, 0) is 30.3 Å². The number of carbonyl (C=O) groups is 4. The number of H-pyrrole nitrogens is 1. The molecule has 0 saturated heterocycles. The molecule has 0 radical (unpaired) electrons. The number of unbranched alkanes of at least 4 members (excludes halogenated alkanes) is 1. The third-order valence-corrected chi connectivity index (χ3v) is 5.87. The fraction of sp³-hybridized carbons (Fsp3) is 0.519. The van der Waals surface area contributed by atoms with Crippen molar-refractivity contribution in [3.8, 4) is 0 Å². The minimum absolute atomic E-state index is 0.0107. The normalized spacial score (nSPS) is 12.4. The SMILES string of the molecule is CC(=O)NCCCCC(CNC(CCC(=O)C=[N+]=[N-])C(=O)OC(C)C)NC(=O)Cc1c[nH]c2ccccc12. The second-order valence-corrected chi connectivity index (χ2v) is 9.48. The molecule has 2 amide bonds. The standard InChI is InChI=1S/C27H38N6O5/c1-18(2)38-27(37)25(12-11-22(35)17-32-28)31-16-21(8-6-7-13-29-19(3)34)33-26(36)14-20-15-30-24-10-5-4-9-23(20)24/h4-5,9-10,15,17-18,21,25,30-31H,6-8,11-14,16H2,1-3H3,(H,29,34)(H,33,36). The number of rotatable bonds is 17. The van der Waals surface area contributed by atoms with Crippen molar-refractivity contribution >= 4 is 40.7 Å². The summed E-state index contributed by atoms with van der Waals surface area (Å²) in [6.07, 6.45) is 4.73. The topological polar surface area (TPSA) is 166 Å². The van der Waals surface area contributed by atoms with Crippen molar-refractivity contribution in [2.75, 3.05) is 13.1 Å². The molecule has 1 heterocycles. The summed E-state index contributed by atoms with van der Waals surface area (Å²) in [5.41, 5.74) is 10.4. The molecule has 0 bridgehead atoms. The molecule has 4 N–H and O–H groups in total. The Morgan fingerprint density at radius 3 is 2.61 bits per heavy atom. The molecule has 206 valence electrons. The molecule has 0 aliphatic heterocycles. The fourth-order valence-corrected chi connectivity index (χ4v) is 4.05. The first kappa shape index (κ1) is 30.4. The van der Waals surface area contributed by atoms with Gasteiger partial charge in [0.05, 0.1) is 12.5 Å². The maximum atomic E-state index is 13.0. The zero-order valence-corrected chi connectivity index (χ0v) is 22.3. The number of fused-ring (bicyclic) bond motifs is 1. The number of ketones is 1. The maximum Gasteiger partial charge on any atom is 0.323 e. The van der Waals surface area contributed by atoms with Gasteiger partial charge in [-0.3, -0.25) is 19.2 Å². The van der Waals surface area contributed by atoms with Crippen LogP contribution >= 0.6 is 0 Å². The van der Waals surface area contributed by atoms with Crippen LogP contribution in [0.4, 0.5) is 0 Å². The summed E-state index contributed by atoms with van der Waals surface area (Å²) in [5.74, 6) is -1.16. The Bertz CT molecular complexity index is 1140. The lowest BCUT2D eigenvalue weighted by molar-refractivity contribution is -0.150. The quantitative estimate of drug-likeness (QED) is 0.0809. The van der Waals surface area contributed by atoms with Gasteiger partial charge in [-0.2, -0.15) is 4.79 Å². The summed E-state index contributed by atoms with van der Waals surface area (Å²) in [4.78, 5) is 54.4. The summed E-state index contributed by atoms with van der Waals surface area (Å²) in [5, 5.41) is 9.96. The van der Waals surface area contributed by atoms with Gasteiger partial charge >= 0.3 is 12.2 Å². The molecule has 0 aliphatic carbocycles. The summed E-state index contributed by atoms with van der Waals surface area (Å²) in [7, 11) is 0. The summed E-state index contributed by atoms with van der Waals surface area (Å²) < 4.78 is 5.34. The second-order valence-electron chi connectivity index (χ2n) is 9.48. The average Bonchev–Trinajstić information content (AvgIpc) is 3.25. The number of hydrogen-bond donors (Lipinski definition) is 4. The van der Waals surface area contributed by atoms with E-state index < -0.39 is 17.8 Å². The van der Waals surface area contributed by atoms with Crippen LogP contribution in [0.15, 0.2) is 30.5 Å². The lowest BCUT2D eigenvalue weighted by Gasteiger charge is -2.24. The van der Waals surface area contributed by atoms with Crippen LogP contribution < -0.4 is 16.0 Å². The molecule has 0 spiro atoms. The number of nitrogens with zero attached hydrogens (tertiary/aromatic N) is 2. The molecular formula is C27H38N6O5. The minimum atomic E-state index is -0.777. The Balaban J connectivity index is 2.05. The molecule has 0 aliphatic rings. The van der Waals surface area contributed by atoms with E-state index in [2.05, 4.69) is 25.7 Å². The smallest absolute Gasteiger partial charge is 0.323 e. The van der Waals surface area contributed by atoms with Gasteiger partial charge < -0.3 is 31.2 Å². The number of carbonyl (C=O) groups excluding carboxylic acids is 4. The highest BCUT2D eigenvalue weighted by Gasteiger charge is 2.24. The van der Waals surface area contributed by atoms with Crippen molar-refractivity contribution in [2.45, 2.75) is 77.5 Å². The number of Topliss-reactive ketones (excluding diaryl/α,β-unsaturated/α-hetero) is 1. The highest BCUT2D eigenvalue weighted by Crippen LogP contribution is 2.18. The first-order valence-electron chi connectivity index (χ1n) is 12.9. The van der Waals surface area contributed by atoms with E-state index in [1.165, 1.54) is 6.92 Å². The highest BCUT2D eigenvalue weighted by atomic mass is 16.5. The van der Waals surface area contributed by atoms with Crippen LogP contribution in [0.3, 0.4) is 0 Å². The van der Waals surface area contributed by atoms with Gasteiger partial charge in [0, 0.05) is 49.6 Å². The second kappa shape index (κ2) is 16.1. The third-order valence-electron chi connectivity index (χ3n) is 5.87. The average molecular weight is 527 g/mol. The van der Waals surface area contributed by atoms with Crippen LogP contribution in [0.2, 0.25) is 0 Å². The van der Waals surface area contributed by atoms with E-state index in [4.69, 9.17) is 10.3 Å².